The lowest BCUT2D eigenvalue weighted by Crippen LogP contribution is -2.16. The van der Waals surface area contributed by atoms with Crippen molar-refractivity contribution in [3.63, 3.8) is 0 Å². The Labute approximate surface area is 90.5 Å². The number of anilines is 1. The number of rotatable bonds is 4. The molecule has 0 aliphatic heterocycles. The molecule has 84 valence electrons. The van der Waals surface area contributed by atoms with Crippen LogP contribution in [-0.4, -0.2) is 15.0 Å². The fourth-order valence-corrected chi connectivity index (χ4v) is 1.89. The highest BCUT2D eigenvalue weighted by Crippen LogP contribution is 2.19. The Hall–Kier alpha value is -1.07. The molecule has 0 heterocycles. The summed E-state index contributed by atoms with van der Waals surface area (Å²) in [6.07, 6.45) is 0. The first-order valence-corrected chi connectivity index (χ1v) is 6.31. The number of hydrogen-bond donors (Lipinski definition) is 2. The first-order valence-electron chi connectivity index (χ1n) is 4.77. The second kappa shape index (κ2) is 4.63. The molecule has 0 saturated carbocycles. The van der Waals surface area contributed by atoms with Crippen molar-refractivity contribution in [2.45, 2.75) is 18.7 Å². The molecule has 15 heavy (non-hydrogen) atoms. The third kappa shape index (κ3) is 3.53. The summed E-state index contributed by atoms with van der Waals surface area (Å²) in [7, 11) is -3.64. The van der Waals surface area contributed by atoms with Gasteiger partial charge in [-0.3, -0.25) is 0 Å². The molecule has 1 rings (SSSR count). The van der Waals surface area contributed by atoms with Crippen LogP contribution in [0.4, 0.5) is 5.69 Å². The van der Waals surface area contributed by atoms with Gasteiger partial charge in [-0.1, -0.05) is 26.0 Å². The van der Waals surface area contributed by atoms with E-state index >= 15 is 0 Å². The zero-order valence-corrected chi connectivity index (χ0v) is 9.71. The van der Waals surface area contributed by atoms with Crippen molar-refractivity contribution < 1.29 is 8.42 Å². The largest absolute Gasteiger partial charge is 0.384 e. The van der Waals surface area contributed by atoms with E-state index in [9.17, 15) is 8.42 Å². The van der Waals surface area contributed by atoms with Crippen molar-refractivity contribution in [1.82, 2.24) is 0 Å². The summed E-state index contributed by atoms with van der Waals surface area (Å²) in [6.45, 7) is 4.81. The van der Waals surface area contributed by atoms with Crippen LogP contribution in [0.1, 0.15) is 13.8 Å². The zero-order valence-electron chi connectivity index (χ0n) is 8.90. The number of primary sulfonamides is 1. The molecule has 0 unspecified atom stereocenters. The zero-order chi connectivity index (χ0) is 11.5. The summed E-state index contributed by atoms with van der Waals surface area (Å²) in [6, 6.07) is 6.64. The fourth-order valence-electron chi connectivity index (χ4n) is 1.17. The number of nitrogens with one attached hydrogen (secondary N) is 1. The standard InChI is InChI=1S/C10H16N2O2S/c1-8(2)7-12-9-5-3-4-6-10(9)15(11,13)14/h3-6,8,12H,7H2,1-2H3,(H2,11,13,14). The smallest absolute Gasteiger partial charge is 0.240 e. The predicted molar refractivity (Wildman–Crippen MR) is 61.1 cm³/mol. The monoisotopic (exact) mass is 228 g/mol. The minimum absolute atomic E-state index is 0.144. The van der Waals surface area contributed by atoms with Gasteiger partial charge < -0.3 is 5.32 Å². The summed E-state index contributed by atoms with van der Waals surface area (Å²) in [5.41, 5.74) is 0.564. The van der Waals surface area contributed by atoms with Crippen molar-refractivity contribution in [3.8, 4) is 0 Å². The molecule has 0 aliphatic carbocycles. The molecular formula is C10H16N2O2S. The number of hydrogen-bond acceptors (Lipinski definition) is 3. The molecule has 1 aromatic carbocycles. The molecule has 4 nitrogen and oxygen atoms in total. The van der Waals surface area contributed by atoms with Crippen LogP contribution < -0.4 is 10.5 Å². The van der Waals surface area contributed by atoms with Gasteiger partial charge in [0, 0.05) is 6.54 Å². The van der Waals surface area contributed by atoms with Crippen LogP contribution >= 0.6 is 0 Å². The maximum Gasteiger partial charge on any atom is 0.240 e. The van der Waals surface area contributed by atoms with E-state index in [4.69, 9.17) is 5.14 Å². The van der Waals surface area contributed by atoms with Crippen LogP contribution in [0.5, 0.6) is 0 Å². The van der Waals surface area contributed by atoms with Crippen LogP contribution in [0, 0.1) is 5.92 Å². The molecule has 0 aromatic heterocycles. The molecule has 0 radical (unpaired) electrons. The summed E-state index contributed by atoms with van der Waals surface area (Å²) in [4.78, 5) is 0.144. The van der Waals surface area contributed by atoms with Gasteiger partial charge in [-0.25, -0.2) is 13.6 Å². The average Bonchev–Trinajstić information content (AvgIpc) is 2.13. The lowest BCUT2D eigenvalue weighted by molar-refractivity contribution is 0.597. The van der Waals surface area contributed by atoms with Gasteiger partial charge in [-0.15, -0.1) is 0 Å². The Kier molecular flexibility index (Phi) is 3.71. The van der Waals surface area contributed by atoms with Gasteiger partial charge in [-0.05, 0) is 18.1 Å². The predicted octanol–water partition coefficient (Wildman–Crippen LogP) is 1.40. The second-order valence-corrected chi connectivity index (χ2v) is 5.35. The minimum atomic E-state index is -3.64. The van der Waals surface area contributed by atoms with Gasteiger partial charge in [0.05, 0.1) is 5.69 Å². The molecule has 0 saturated heterocycles. The molecular weight excluding hydrogens is 212 g/mol. The van der Waals surface area contributed by atoms with Crippen LogP contribution in [0.15, 0.2) is 29.2 Å². The molecule has 0 amide bonds. The Balaban J connectivity index is 2.98. The van der Waals surface area contributed by atoms with E-state index in [1.807, 2.05) is 13.8 Å². The molecule has 1 aromatic rings. The van der Waals surface area contributed by atoms with Gasteiger partial charge >= 0.3 is 0 Å². The van der Waals surface area contributed by atoms with Crippen molar-refractivity contribution in [2.75, 3.05) is 11.9 Å². The highest BCUT2D eigenvalue weighted by atomic mass is 32.2. The maximum atomic E-state index is 11.2. The van der Waals surface area contributed by atoms with E-state index < -0.39 is 10.0 Å². The van der Waals surface area contributed by atoms with E-state index in [1.165, 1.54) is 6.07 Å². The lowest BCUT2D eigenvalue weighted by Gasteiger charge is -2.11. The van der Waals surface area contributed by atoms with Crippen LogP contribution in [-0.2, 0) is 10.0 Å². The van der Waals surface area contributed by atoms with Gasteiger partial charge in [0.15, 0.2) is 0 Å². The van der Waals surface area contributed by atoms with E-state index in [0.717, 1.165) is 0 Å². The van der Waals surface area contributed by atoms with Crippen LogP contribution in [0.25, 0.3) is 0 Å². The van der Waals surface area contributed by atoms with Gasteiger partial charge in [-0.2, -0.15) is 0 Å². The molecule has 5 heteroatoms. The van der Waals surface area contributed by atoms with Gasteiger partial charge in [0.1, 0.15) is 4.90 Å². The first-order chi connectivity index (χ1) is 6.91. The van der Waals surface area contributed by atoms with Gasteiger partial charge in [0.2, 0.25) is 10.0 Å². The van der Waals surface area contributed by atoms with Crippen molar-refractivity contribution in [1.29, 1.82) is 0 Å². The van der Waals surface area contributed by atoms with E-state index in [-0.39, 0.29) is 4.90 Å². The second-order valence-electron chi connectivity index (χ2n) is 3.82. The molecule has 0 spiro atoms. The third-order valence-corrected chi connectivity index (χ3v) is 2.86. The van der Waals surface area contributed by atoms with Gasteiger partial charge in [0.25, 0.3) is 0 Å². The fraction of sp³-hybridized carbons (Fsp3) is 0.400. The van der Waals surface area contributed by atoms with Crippen LogP contribution in [0.2, 0.25) is 0 Å². The summed E-state index contributed by atoms with van der Waals surface area (Å²) < 4.78 is 22.5. The van der Waals surface area contributed by atoms with E-state index in [2.05, 4.69) is 5.32 Å². The normalized spacial score (nSPS) is 11.7. The summed E-state index contributed by atoms with van der Waals surface area (Å²) in [5, 5.41) is 8.16. The third-order valence-electron chi connectivity index (χ3n) is 1.89. The van der Waals surface area contributed by atoms with Crippen molar-refractivity contribution >= 4 is 15.7 Å². The minimum Gasteiger partial charge on any atom is -0.384 e. The Morgan fingerprint density at radius 3 is 2.47 bits per heavy atom. The van der Waals surface area contributed by atoms with E-state index in [0.29, 0.717) is 18.2 Å². The molecule has 0 bridgehead atoms. The topological polar surface area (TPSA) is 72.2 Å². The Morgan fingerprint density at radius 1 is 1.33 bits per heavy atom. The first kappa shape index (κ1) is 12.0. The molecule has 0 atom stereocenters. The maximum absolute atomic E-state index is 11.2. The number of benzene rings is 1. The van der Waals surface area contributed by atoms with Crippen LogP contribution in [0.3, 0.4) is 0 Å². The average molecular weight is 228 g/mol. The summed E-state index contributed by atoms with van der Waals surface area (Å²) >= 11 is 0. The number of para-hydroxylation sites is 1. The Morgan fingerprint density at radius 2 is 1.93 bits per heavy atom. The Bertz CT molecular complexity index is 427. The quantitative estimate of drug-likeness (QED) is 0.818. The lowest BCUT2D eigenvalue weighted by atomic mass is 10.2. The molecule has 0 aliphatic rings. The van der Waals surface area contributed by atoms with Crippen molar-refractivity contribution in [3.05, 3.63) is 24.3 Å². The summed E-state index contributed by atoms with van der Waals surface area (Å²) in [5.74, 6) is 0.443. The highest BCUT2D eigenvalue weighted by molar-refractivity contribution is 7.89. The molecule has 0 fully saturated rings. The number of nitrogens with two attached hydrogens (primary N) is 1. The number of sulfonamides is 1. The molecule has 3 N–H and O–H groups in total. The van der Waals surface area contributed by atoms with E-state index in [1.54, 1.807) is 18.2 Å². The highest BCUT2D eigenvalue weighted by Gasteiger charge is 2.12. The SMILES string of the molecule is CC(C)CNc1ccccc1S(N)(=O)=O. The van der Waals surface area contributed by atoms with Crippen molar-refractivity contribution in [2.24, 2.45) is 11.1 Å².